The second-order valence-electron chi connectivity index (χ2n) is 12.7. The summed E-state index contributed by atoms with van der Waals surface area (Å²) < 4.78 is 5.96. The van der Waals surface area contributed by atoms with Crippen LogP contribution in [-0.2, 0) is 23.9 Å². The fourth-order valence-corrected chi connectivity index (χ4v) is 5.48. The van der Waals surface area contributed by atoms with Crippen LogP contribution in [0.1, 0.15) is 181 Å². The first-order valence-corrected chi connectivity index (χ1v) is 18.4. The normalized spacial score (nSPS) is 12.4. The lowest BCUT2D eigenvalue weighted by molar-refractivity contribution is -0.150. The zero-order chi connectivity index (χ0) is 33.4. The Balaban J connectivity index is 4.22. The minimum absolute atomic E-state index is 0.000334. The third-order valence-corrected chi connectivity index (χ3v) is 8.35. The number of rotatable bonds is 33. The number of ether oxygens (including phenoxy) is 1. The Hall–Kier alpha value is -2.16. The molecule has 0 aromatic carbocycles. The molecule has 0 aliphatic heterocycles. The summed E-state index contributed by atoms with van der Waals surface area (Å²) in [6.07, 6.45) is 28.4. The van der Waals surface area contributed by atoms with Gasteiger partial charge in [-0.25, -0.2) is 4.79 Å². The number of unbranched alkanes of at least 4 members (excludes halogenated alkanes) is 19. The zero-order valence-electron chi connectivity index (χ0n) is 28.9. The second-order valence-corrected chi connectivity index (χ2v) is 12.7. The standard InChI is InChI=1S/C36H68N2O7/c1-3-5-7-9-11-13-15-20-24-28-35(42)45-31(25-21-17-14-12-10-8-6-4-2)26-22-18-16-19-23-27-33(40)37-29-34(41)38-32(30-39)36(43)44/h31-32,39H,3-30H2,1-2H3,(H,37,40)(H,38,41)(H,43,44). The van der Waals surface area contributed by atoms with Crippen molar-refractivity contribution in [2.24, 2.45) is 0 Å². The summed E-state index contributed by atoms with van der Waals surface area (Å²) in [6, 6.07) is -1.38. The molecule has 264 valence electrons. The molecule has 0 rings (SSSR count). The van der Waals surface area contributed by atoms with Gasteiger partial charge >= 0.3 is 11.9 Å². The number of carbonyl (C=O) groups is 4. The van der Waals surface area contributed by atoms with E-state index >= 15 is 0 Å². The van der Waals surface area contributed by atoms with Crippen molar-refractivity contribution >= 4 is 23.8 Å². The van der Waals surface area contributed by atoms with Crippen LogP contribution in [0.4, 0.5) is 0 Å². The molecule has 0 bridgehead atoms. The molecule has 0 aromatic rings. The predicted molar refractivity (Wildman–Crippen MR) is 181 cm³/mol. The summed E-state index contributed by atoms with van der Waals surface area (Å²) in [5.74, 6) is -2.29. The van der Waals surface area contributed by atoms with Gasteiger partial charge in [0, 0.05) is 12.8 Å². The molecule has 0 fully saturated rings. The maximum absolute atomic E-state index is 12.6. The van der Waals surface area contributed by atoms with E-state index in [9.17, 15) is 19.2 Å². The van der Waals surface area contributed by atoms with Gasteiger partial charge in [-0.2, -0.15) is 0 Å². The first kappa shape index (κ1) is 42.8. The SMILES string of the molecule is CCCCCCCCCCCC(=O)OC(CCCCCCCCCC)CCCCCCCC(=O)NCC(=O)NC(CO)C(=O)O. The number of carboxylic acid groups (broad SMARTS) is 1. The average Bonchev–Trinajstić information content (AvgIpc) is 3.02. The summed E-state index contributed by atoms with van der Waals surface area (Å²) in [7, 11) is 0. The highest BCUT2D eigenvalue weighted by molar-refractivity contribution is 5.87. The fourth-order valence-electron chi connectivity index (χ4n) is 5.48. The molecule has 2 atom stereocenters. The molecule has 0 heterocycles. The molecular formula is C36H68N2O7. The smallest absolute Gasteiger partial charge is 0.328 e. The minimum atomic E-state index is -1.38. The van der Waals surface area contributed by atoms with E-state index in [1.165, 1.54) is 89.9 Å². The Morgan fingerprint density at radius 2 is 1.00 bits per heavy atom. The Labute approximate surface area is 274 Å². The third-order valence-electron chi connectivity index (χ3n) is 8.35. The summed E-state index contributed by atoms with van der Waals surface area (Å²) in [5.41, 5.74) is 0. The molecule has 0 radical (unpaired) electrons. The molecule has 9 heteroatoms. The van der Waals surface area contributed by atoms with E-state index in [2.05, 4.69) is 24.5 Å². The van der Waals surface area contributed by atoms with Crippen LogP contribution in [0, 0.1) is 0 Å². The van der Waals surface area contributed by atoms with Gasteiger partial charge in [0.25, 0.3) is 0 Å². The van der Waals surface area contributed by atoms with Crippen molar-refractivity contribution in [2.75, 3.05) is 13.2 Å². The Kier molecular flexibility index (Phi) is 30.3. The maximum Gasteiger partial charge on any atom is 0.328 e. The van der Waals surface area contributed by atoms with Gasteiger partial charge < -0.3 is 25.6 Å². The molecule has 0 spiro atoms. The van der Waals surface area contributed by atoms with Crippen LogP contribution in [0.3, 0.4) is 0 Å². The van der Waals surface area contributed by atoms with E-state index in [-0.39, 0.29) is 24.5 Å². The highest BCUT2D eigenvalue weighted by Gasteiger charge is 2.19. The van der Waals surface area contributed by atoms with Crippen molar-refractivity contribution in [1.82, 2.24) is 10.6 Å². The number of hydrogen-bond donors (Lipinski definition) is 4. The monoisotopic (exact) mass is 641 g/mol. The Morgan fingerprint density at radius 3 is 1.44 bits per heavy atom. The number of amides is 2. The van der Waals surface area contributed by atoms with Crippen molar-refractivity contribution in [3.05, 3.63) is 0 Å². The first-order valence-electron chi connectivity index (χ1n) is 18.4. The van der Waals surface area contributed by atoms with Gasteiger partial charge in [0.15, 0.2) is 0 Å². The Bertz CT molecular complexity index is 747. The minimum Gasteiger partial charge on any atom is -0.480 e. The largest absolute Gasteiger partial charge is 0.480 e. The van der Waals surface area contributed by atoms with Crippen molar-refractivity contribution in [2.45, 2.75) is 193 Å². The third kappa shape index (κ3) is 29.0. The van der Waals surface area contributed by atoms with Crippen LogP contribution in [0.5, 0.6) is 0 Å². The van der Waals surface area contributed by atoms with Crippen molar-refractivity contribution in [3.63, 3.8) is 0 Å². The number of carboxylic acids is 1. The number of aliphatic hydroxyl groups excluding tert-OH is 1. The summed E-state index contributed by atoms with van der Waals surface area (Å²) in [6.45, 7) is 3.45. The van der Waals surface area contributed by atoms with Gasteiger partial charge in [0.05, 0.1) is 13.2 Å². The van der Waals surface area contributed by atoms with E-state index in [1.54, 1.807) is 0 Å². The van der Waals surface area contributed by atoms with Gasteiger partial charge in [0.2, 0.25) is 11.8 Å². The number of carbonyl (C=O) groups excluding carboxylic acids is 3. The summed E-state index contributed by atoms with van der Waals surface area (Å²) >= 11 is 0. The molecule has 0 saturated heterocycles. The van der Waals surface area contributed by atoms with E-state index in [0.717, 1.165) is 57.8 Å². The average molecular weight is 641 g/mol. The molecule has 0 aliphatic carbocycles. The van der Waals surface area contributed by atoms with Gasteiger partial charge in [-0.15, -0.1) is 0 Å². The van der Waals surface area contributed by atoms with Gasteiger partial charge in [0.1, 0.15) is 12.1 Å². The molecule has 9 nitrogen and oxygen atoms in total. The van der Waals surface area contributed by atoms with E-state index in [0.29, 0.717) is 19.3 Å². The van der Waals surface area contributed by atoms with Gasteiger partial charge in [-0.05, 0) is 38.5 Å². The molecular weight excluding hydrogens is 572 g/mol. The van der Waals surface area contributed by atoms with Gasteiger partial charge in [-0.3, -0.25) is 14.4 Å². The summed E-state index contributed by atoms with van der Waals surface area (Å²) in [4.78, 5) is 47.2. The van der Waals surface area contributed by atoms with Crippen LogP contribution >= 0.6 is 0 Å². The van der Waals surface area contributed by atoms with E-state index in [4.69, 9.17) is 14.9 Å². The highest BCUT2D eigenvalue weighted by Crippen LogP contribution is 2.19. The fraction of sp³-hybridized carbons (Fsp3) is 0.889. The van der Waals surface area contributed by atoms with Crippen LogP contribution in [0.15, 0.2) is 0 Å². The van der Waals surface area contributed by atoms with Crippen LogP contribution in [0.2, 0.25) is 0 Å². The molecule has 0 aliphatic rings. The number of aliphatic hydroxyl groups is 1. The maximum atomic E-state index is 12.6. The number of aliphatic carboxylic acids is 1. The lowest BCUT2D eigenvalue weighted by Crippen LogP contribution is -2.47. The Morgan fingerprint density at radius 1 is 0.578 bits per heavy atom. The molecule has 0 aromatic heterocycles. The highest BCUT2D eigenvalue weighted by atomic mass is 16.5. The van der Waals surface area contributed by atoms with Crippen LogP contribution < -0.4 is 10.6 Å². The van der Waals surface area contributed by atoms with Crippen LogP contribution in [-0.4, -0.2) is 59.3 Å². The lowest BCUT2D eigenvalue weighted by Gasteiger charge is -2.18. The molecule has 45 heavy (non-hydrogen) atoms. The number of esters is 1. The molecule has 2 amide bonds. The van der Waals surface area contributed by atoms with Crippen LogP contribution in [0.25, 0.3) is 0 Å². The quantitative estimate of drug-likeness (QED) is 0.0424. The van der Waals surface area contributed by atoms with Crippen molar-refractivity contribution in [3.8, 4) is 0 Å². The number of hydrogen-bond acceptors (Lipinski definition) is 6. The topological polar surface area (TPSA) is 142 Å². The second kappa shape index (κ2) is 31.8. The summed E-state index contributed by atoms with van der Waals surface area (Å²) in [5, 5.41) is 22.5. The molecule has 0 saturated carbocycles. The zero-order valence-corrected chi connectivity index (χ0v) is 28.9. The molecule has 2 unspecified atom stereocenters. The van der Waals surface area contributed by atoms with Crippen molar-refractivity contribution < 1.29 is 34.1 Å². The number of nitrogens with one attached hydrogen (secondary N) is 2. The first-order chi connectivity index (χ1) is 21.8. The van der Waals surface area contributed by atoms with Gasteiger partial charge in [-0.1, -0.05) is 129 Å². The lowest BCUT2D eigenvalue weighted by atomic mass is 10.0. The predicted octanol–water partition coefficient (Wildman–Crippen LogP) is 7.76. The molecule has 4 N–H and O–H groups in total. The van der Waals surface area contributed by atoms with E-state index in [1.807, 2.05) is 0 Å². The van der Waals surface area contributed by atoms with E-state index < -0.39 is 24.5 Å². The van der Waals surface area contributed by atoms with Crippen molar-refractivity contribution in [1.29, 1.82) is 0 Å².